The molecule has 1 atom stereocenters. The fraction of sp³-hybridized carbons (Fsp3) is 0.333. The van der Waals surface area contributed by atoms with E-state index in [1.807, 2.05) is 25.1 Å². The van der Waals surface area contributed by atoms with E-state index in [1.165, 1.54) is 6.42 Å². The predicted octanol–water partition coefficient (Wildman–Crippen LogP) is 4.18. The number of aryl methyl sites for hydroxylation is 1. The molecule has 0 radical (unpaired) electrons. The second-order valence-corrected chi connectivity index (χ2v) is 7.05. The first-order chi connectivity index (χ1) is 12.4. The minimum absolute atomic E-state index is 0.165. The lowest BCUT2D eigenvalue weighted by atomic mass is 9.99. The normalized spacial score (nSPS) is 17.0. The fourth-order valence-electron chi connectivity index (χ4n) is 3.43. The molecule has 1 fully saturated rings. The van der Waals surface area contributed by atoms with Crippen molar-refractivity contribution in [3.05, 3.63) is 59.2 Å². The van der Waals surface area contributed by atoms with Crippen LogP contribution in [0.2, 0.25) is 0 Å². The summed E-state index contributed by atoms with van der Waals surface area (Å²) in [7, 11) is 0. The molecule has 2 aromatic rings. The minimum Gasteiger partial charge on any atom is -0.478 e. The van der Waals surface area contributed by atoms with E-state index in [2.05, 4.69) is 17.1 Å². The highest BCUT2D eigenvalue weighted by Gasteiger charge is 2.21. The molecule has 2 aromatic carbocycles. The molecule has 1 aliphatic rings. The number of nitrogens with one attached hydrogen (secondary N) is 1. The highest BCUT2D eigenvalue weighted by molar-refractivity contribution is 6.06. The lowest BCUT2D eigenvalue weighted by Crippen LogP contribution is -2.35. The topological polar surface area (TPSA) is 69.6 Å². The number of hydrogen-bond acceptors (Lipinski definition) is 3. The largest absolute Gasteiger partial charge is 0.478 e. The average Bonchev–Trinajstić information content (AvgIpc) is 2.61. The van der Waals surface area contributed by atoms with Crippen LogP contribution < -0.4 is 10.2 Å². The Morgan fingerprint density at radius 3 is 2.65 bits per heavy atom. The van der Waals surface area contributed by atoms with Crippen molar-refractivity contribution in [2.75, 3.05) is 23.3 Å². The Labute approximate surface area is 153 Å². The minimum atomic E-state index is -1.00. The zero-order valence-corrected chi connectivity index (χ0v) is 15.2. The third-order valence-corrected chi connectivity index (χ3v) is 4.77. The summed E-state index contributed by atoms with van der Waals surface area (Å²) in [4.78, 5) is 26.3. The number of carboxylic acid groups (broad SMARTS) is 1. The van der Waals surface area contributed by atoms with E-state index in [4.69, 9.17) is 0 Å². The molecular weight excluding hydrogens is 328 g/mol. The molecule has 0 spiro atoms. The van der Waals surface area contributed by atoms with E-state index < -0.39 is 5.97 Å². The Morgan fingerprint density at radius 2 is 1.96 bits per heavy atom. The molecule has 0 bridgehead atoms. The van der Waals surface area contributed by atoms with Gasteiger partial charge in [0.1, 0.15) is 0 Å². The van der Waals surface area contributed by atoms with Crippen LogP contribution in [-0.2, 0) is 0 Å². The van der Waals surface area contributed by atoms with Crippen molar-refractivity contribution >= 4 is 23.3 Å². The third-order valence-electron chi connectivity index (χ3n) is 4.77. The molecule has 0 aliphatic carbocycles. The number of amides is 1. The molecule has 0 aromatic heterocycles. The van der Waals surface area contributed by atoms with Gasteiger partial charge in [-0.15, -0.1) is 0 Å². The molecule has 0 saturated carbocycles. The number of rotatable bonds is 4. The van der Waals surface area contributed by atoms with Crippen LogP contribution in [0.25, 0.3) is 0 Å². The van der Waals surface area contributed by atoms with Gasteiger partial charge in [-0.2, -0.15) is 0 Å². The van der Waals surface area contributed by atoms with E-state index >= 15 is 0 Å². The second-order valence-electron chi connectivity index (χ2n) is 7.05. The first kappa shape index (κ1) is 18.0. The summed E-state index contributed by atoms with van der Waals surface area (Å²) < 4.78 is 0. The van der Waals surface area contributed by atoms with Crippen molar-refractivity contribution in [3.8, 4) is 0 Å². The fourth-order valence-corrected chi connectivity index (χ4v) is 3.43. The molecule has 1 unspecified atom stereocenters. The van der Waals surface area contributed by atoms with Gasteiger partial charge in [0.05, 0.1) is 16.9 Å². The monoisotopic (exact) mass is 352 g/mol. The third kappa shape index (κ3) is 4.04. The quantitative estimate of drug-likeness (QED) is 0.866. The predicted molar refractivity (Wildman–Crippen MR) is 103 cm³/mol. The SMILES string of the molecule is Cc1cccc(C(=O)Nc2cc(C(=O)O)ccc2N2CCCC(C)C2)c1. The van der Waals surface area contributed by atoms with E-state index in [1.54, 1.807) is 24.3 Å². The van der Waals surface area contributed by atoms with Crippen LogP contribution in [0.4, 0.5) is 11.4 Å². The summed E-state index contributed by atoms with van der Waals surface area (Å²) in [5, 5.41) is 12.2. The molecule has 1 saturated heterocycles. The highest BCUT2D eigenvalue weighted by atomic mass is 16.4. The van der Waals surface area contributed by atoms with Crippen LogP contribution in [-0.4, -0.2) is 30.1 Å². The number of piperidine rings is 1. The van der Waals surface area contributed by atoms with Crippen molar-refractivity contribution in [3.63, 3.8) is 0 Å². The van der Waals surface area contributed by atoms with Gasteiger partial charge in [0.15, 0.2) is 0 Å². The molecule has 1 aliphatic heterocycles. The van der Waals surface area contributed by atoms with Crippen molar-refractivity contribution < 1.29 is 14.7 Å². The Hall–Kier alpha value is -2.82. The highest BCUT2D eigenvalue weighted by Crippen LogP contribution is 2.31. The molecule has 136 valence electrons. The van der Waals surface area contributed by atoms with Crippen LogP contribution in [0.15, 0.2) is 42.5 Å². The van der Waals surface area contributed by atoms with Crippen molar-refractivity contribution in [2.45, 2.75) is 26.7 Å². The van der Waals surface area contributed by atoms with Gasteiger partial charge in [-0.25, -0.2) is 4.79 Å². The van der Waals surface area contributed by atoms with E-state index in [0.29, 0.717) is 17.2 Å². The molecular formula is C21H24N2O3. The van der Waals surface area contributed by atoms with Gasteiger partial charge in [-0.3, -0.25) is 4.79 Å². The maximum atomic E-state index is 12.7. The number of hydrogen-bond donors (Lipinski definition) is 2. The summed E-state index contributed by atoms with van der Waals surface area (Å²) in [6.45, 7) is 5.95. The van der Waals surface area contributed by atoms with Gasteiger partial charge in [-0.1, -0.05) is 24.6 Å². The zero-order chi connectivity index (χ0) is 18.7. The van der Waals surface area contributed by atoms with Gasteiger partial charge in [0, 0.05) is 18.7 Å². The Balaban J connectivity index is 1.93. The van der Waals surface area contributed by atoms with E-state index in [9.17, 15) is 14.7 Å². The zero-order valence-electron chi connectivity index (χ0n) is 15.2. The van der Waals surface area contributed by atoms with Crippen LogP contribution in [0.1, 0.15) is 46.0 Å². The Morgan fingerprint density at radius 1 is 1.15 bits per heavy atom. The van der Waals surface area contributed by atoms with Gasteiger partial charge in [-0.05, 0) is 56.0 Å². The number of aromatic carboxylic acids is 1. The van der Waals surface area contributed by atoms with Crippen molar-refractivity contribution in [1.82, 2.24) is 0 Å². The summed E-state index contributed by atoms with van der Waals surface area (Å²) >= 11 is 0. The Bertz CT molecular complexity index is 832. The summed E-state index contributed by atoms with van der Waals surface area (Å²) in [5.74, 6) is -0.666. The number of carboxylic acids is 1. The van der Waals surface area contributed by atoms with Gasteiger partial charge < -0.3 is 15.3 Å². The number of carbonyl (C=O) groups excluding carboxylic acids is 1. The standard InChI is InChI=1S/C21H24N2O3/c1-14-5-3-7-16(11-14)20(24)22-18-12-17(21(25)26)8-9-19(18)23-10-4-6-15(2)13-23/h3,5,7-9,11-12,15H,4,6,10,13H2,1-2H3,(H,22,24)(H,25,26). The molecule has 2 N–H and O–H groups in total. The molecule has 5 heteroatoms. The molecule has 5 nitrogen and oxygen atoms in total. The lowest BCUT2D eigenvalue weighted by molar-refractivity contribution is 0.0696. The van der Waals surface area contributed by atoms with Crippen molar-refractivity contribution in [2.24, 2.45) is 5.92 Å². The van der Waals surface area contributed by atoms with Crippen LogP contribution >= 0.6 is 0 Å². The summed E-state index contributed by atoms with van der Waals surface area (Å²) in [6, 6.07) is 12.3. The smallest absolute Gasteiger partial charge is 0.335 e. The number of benzene rings is 2. The van der Waals surface area contributed by atoms with Gasteiger partial charge in [0.2, 0.25) is 0 Å². The summed E-state index contributed by atoms with van der Waals surface area (Å²) in [6.07, 6.45) is 2.28. The van der Waals surface area contributed by atoms with Crippen molar-refractivity contribution in [1.29, 1.82) is 0 Å². The second kappa shape index (κ2) is 7.60. The lowest BCUT2D eigenvalue weighted by Gasteiger charge is -2.34. The molecule has 1 heterocycles. The molecule has 26 heavy (non-hydrogen) atoms. The Kier molecular flexibility index (Phi) is 5.26. The maximum Gasteiger partial charge on any atom is 0.335 e. The first-order valence-electron chi connectivity index (χ1n) is 8.94. The number of carbonyl (C=O) groups is 2. The van der Waals surface area contributed by atoms with E-state index in [0.717, 1.165) is 30.8 Å². The van der Waals surface area contributed by atoms with Crippen LogP contribution in [0, 0.1) is 12.8 Å². The molecule has 1 amide bonds. The molecule has 3 rings (SSSR count). The van der Waals surface area contributed by atoms with E-state index in [-0.39, 0.29) is 11.5 Å². The maximum absolute atomic E-state index is 12.7. The van der Waals surface area contributed by atoms with Gasteiger partial charge in [0.25, 0.3) is 5.91 Å². The number of nitrogens with zero attached hydrogens (tertiary/aromatic N) is 1. The first-order valence-corrected chi connectivity index (χ1v) is 8.94. The average molecular weight is 352 g/mol. The van der Waals surface area contributed by atoms with Gasteiger partial charge >= 0.3 is 5.97 Å². The summed E-state index contributed by atoms with van der Waals surface area (Å²) in [5.41, 5.74) is 3.15. The number of anilines is 2. The van der Waals surface area contributed by atoms with Crippen LogP contribution in [0.5, 0.6) is 0 Å². The van der Waals surface area contributed by atoms with Crippen LogP contribution in [0.3, 0.4) is 0 Å².